The quantitative estimate of drug-likeness (QED) is 0.297. The molecule has 3 nitrogen and oxygen atoms in total. The number of carbonyl (C=O) groups is 1. The first kappa shape index (κ1) is 19.2. The van der Waals surface area contributed by atoms with Crippen molar-refractivity contribution in [1.82, 2.24) is 0 Å². The molecule has 0 fully saturated rings. The Labute approximate surface area is 124 Å². The van der Waals surface area contributed by atoms with Crippen molar-refractivity contribution in [1.29, 1.82) is 0 Å². The van der Waals surface area contributed by atoms with E-state index in [2.05, 4.69) is 6.92 Å². The van der Waals surface area contributed by atoms with Crippen LogP contribution in [0.3, 0.4) is 0 Å². The average molecular weight is 284 g/mol. The van der Waals surface area contributed by atoms with Gasteiger partial charge in [-0.05, 0) is 27.2 Å². The molecule has 0 spiro atoms. The van der Waals surface area contributed by atoms with Crippen LogP contribution < -0.4 is 0 Å². The van der Waals surface area contributed by atoms with E-state index in [9.17, 15) is 4.79 Å². The lowest BCUT2D eigenvalue weighted by atomic mass is 10.1. The summed E-state index contributed by atoms with van der Waals surface area (Å²) in [6.45, 7) is 7.94. The van der Waals surface area contributed by atoms with Gasteiger partial charge in [-0.2, -0.15) is 0 Å². The molecule has 0 amide bonds. The lowest BCUT2D eigenvalue weighted by molar-refractivity contribution is -0.154. The third-order valence-corrected chi connectivity index (χ3v) is 3.03. The lowest BCUT2D eigenvalue weighted by Crippen LogP contribution is -2.21. The SMILES string of the molecule is C/C=C/C(CCCCCCCC)OCC(=O)OC(C)C. The van der Waals surface area contributed by atoms with E-state index in [4.69, 9.17) is 9.47 Å². The first-order valence-corrected chi connectivity index (χ1v) is 8.04. The molecule has 3 heteroatoms. The van der Waals surface area contributed by atoms with E-state index in [1.807, 2.05) is 32.9 Å². The number of esters is 1. The van der Waals surface area contributed by atoms with Gasteiger partial charge in [-0.1, -0.05) is 57.6 Å². The smallest absolute Gasteiger partial charge is 0.332 e. The highest BCUT2D eigenvalue weighted by Crippen LogP contribution is 2.11. The topological polar surface area (TPSA) is 35.5 Å². The summed E-state index contributed by atoms with van der Waals surface area (Å²) < 4.78 is 10.7. The molecule has 0 aromatic carbocycles. The lowest BCUT2D eigenvalue weighted by Gasteiger charge is -2.14. The van der Waals surface area contributed by atoms with Crippen molar-refractivity contribution in [2.75, 3.05) is 6.61 Å². The fourth-order valence-electron chi connectivity index (χ4n) is 2.05. The minimum atomic E-state index is -0.280. The molecule has 0 heterocycles. The van der Waals surface area contributed by atoms with Crippen LogP contribution in [0.1, 0.15) is 72.6 Å². The summed E-state index contributed by atoms with van der Waals surface area (Å²) in [5.74, 6) is -0.280. The van der Waals surface area contributed by atoms with Crippen LogP contribution in [0.25, 0.3) is 0 Å². The summed E-state index contributed by atoms with van der Waals surface area (Å²) in [6.07, 6.45) is 12.6. The zero-order chi connectivity index (χ0) is 15.2. The highest BCUT2D eigenvalue weighted by molar-refractivity contribution is 5.70. The van der Waals surface area contributed by atoms with Crippen molar-refractivity contribution in [3.8, 4) is 0 Å². The predicted molar refractivity (Wildman–Crippen MR) is 83.8 cm³/mol. The third kappa shape index (κ3) is 12.2. The number of ether oxygens (including phenoxy) is 2. The molecular formula is C17H32O3. The minimum Gasteiger partial charge on any atom is -0.461 e. The molecule has 1 unspecified atom stereocenters. The van der Waals surface area contributed by atoms with Gasteiger partial charge in [0.1, 0.15) is 6.61 Å². The van der Waals surface area contributed by atoms with E-state index in [1.54, 1.807) is 0 Å². The standard InChI is InChI=1S/C17H32O3/c1-5-7-8-9-10-11-13-16(12-6-2)19-14-17(18)20-15(3)4/h6,12,15-16H,5,7-11,13-14H2,1-4H3/b12-6+. The van der Waals surface area contributed by atoms with Crippen LogP contribution in [-0.4, -0.2) is 24.8 Å². The third-order valence-electron chi connectivity index (χ3n) is 3.03. The van der Waals surface area contributed by atoms with Gasteiger partial charge in [0.2, 0.25) is 0 Å². The predicted octanol–water partition coefficient (Wildman–Crippen LogP) is 4.65. The molecule has 0 aliphatic carbocycles. The molecule has 0 saturated heterocycles. The molecule has 118 valence electrons. The molecule has 0 saturated carbocycles. The number of hydrogen-bond acceptors (Lipinski definition) is 3. The van der Waals surface area contributed by atoms with E-state index >= 15 is 0 Å². The fraction of sp³-hybridized carbons (Fsp3) is 0.824. The monoisotopic (exact) mass is 284 g/mol. The van der Waals surface area contributed by atoms with E-state index < -0.39 is 0 Å². The molecular weight excluding hydrogens is 252 g/mol. The minimum absolute atomic E-state index is 0.0332. The van der Waals surface area contributed by atoms with E-state index in [1.165, 1.54) is 32.1 Å². The molecule has 20 heavy (non-hydrogen) atoms. The van der Waals surface area contributed by atoms with Crippen molar-refractivity contribution in [3.05, 3.63) is 12.2 Å². The summed E-state index contributed by atoms with van der Waals surface area (Å²) in [5, 5.41) is 0. The van der Waals surface area contributed by atoms with Crippen LogP contribution in [0.4, 0.5) is 0 Å². The zero-order valence-corrected chi connectivity index (χ0v) is 13.7. The molecule has 0 aromatic heterocycles. The van der Waals surface area contributed by atoms with Crippen LogP contribution in [0.5, 0.6) is 0 Å². The maximum absolute atomic E-state index is 11.4. The largest absolute Gasteiger partial charge is 0.461 e. The Morgan fingerprint density at radius 1 is 1.10 bits per heavy atom. The van der Waals surface area contributed by atoms with E-state index in [0.717, 1.165) is 12.8 Å². The summed E-state index contributed by atoms with van der Waals surface area (Å²) in [6, 6.07) is 0. The molecule has 0 radical (unpaired) electrons. The second-order valence-corrected chi connectivity index (χ2v) is 5.47. The molecule has 1 atom stereocenters. The van der Waals surface area contributed by atoms with Gasteiger partial charge in [0.05, 0.1) is 12.2 Å². The van der Waals surface area contributed by atoms with E-state index in [-0.39, 0.29) is 24.8 Å². The molecule has 0 N–H and O–H groups in total. The first-order valence-electron chi connectivity index (χ1n) is 8.04. The second kappa shape index (κ2) is 13.2. The van der Waals surface area contributed by atoms with Gasteiger partial charge in [-0.3, -0.25) is 0 Å². The van der Waals surface area contributed by atoms with Crippen LogP contribution in [0, 0.1) is 0 Å². The molecule has 0 rings (SSSR count). The van der Waals surface area contributed by atoms with Gasteiger partial charge >= 0.3 is 5.97 Å². The number of hydrogen-bond donors (Lipinski definition) is 0. The Morgan fingerprint density at radius 2 is 1.75 bits per heavy atom. The van der Waals surface area contributed by atoms with Crippen LogP contribution >= 0.6 is 0 Å². The van der Waals surface area contributed by atoms with Gasteiger partial charge < -0.3 is 9.47 Å². The number of rotatable bonds is 12. The molecule has 0 aliphatic rings. The highest BCUT2D eigenvalue weighted by atomic mass is 16.6. The van der Waals surface area contributed by atoms with Crippen molar-refractivity contribution >= 4 is 5.97 Å². The van der Waals surface area contributed by atoms with Crippen molar-refractivity contribution in [2.24, 2.45) is 0 Å². The summed E-state index contributed by atoms with van der Waals surface area (Å²) in [5.41, 5.74) is 0. The Balaban J connectivity index is 3.78. The van der Waals surface area contributed by atoms with Gasteiger partial charge in [0.15, 0.2) is 0 Å². The number of carbonyl (C=O) groups excluding carboxylic acids is 1. The summed E-state index contributed by atoms with van der Waals surface area (Å²) >= 11 is 0. The number of allylic oxidation sites excluding steroid dienone is 1. The highest BCUT2D eigenvalue weighted by Gasteiger charge is 2.10. The summed E-state index contributed by atoms with van der Waals surface area (Å²) in [7, 11) is 0. The van der Waals surface area contributed by atoms with E-state index in [0.29, 0.717) is 0 Å². The zero-order valence-electron chi connectivity index (χ0n) is 13.7. The summed E-state index contributed by atoms with van der Waals surface area (Å²) in [4.78, 5) is 11.4. The van der Waals surface area contributed by atoms with Crippen molar-refractivity contribution in [2.45, 2.75) is 84.8 Å². The molecule has 0 aliphatic heterocycles. The van der Waals surface area contributed by atoms with Gasteiger partial charge in [-0.25, -0.2) is 4.79 Å². The number of unbranched alkanes of at least 4 members (excludes halogenated alkanes) is 5. The molecule has 0 bridgehead atoms. The van der Waals surface area contributed by atoms with Gasteiger partial charge in [0, 0.05) is 0 Å². The Kier molecular flexibility index (Phi) is 12.6. The fourth-order valence-corrected chi connectivity index (χ4v) is 2.05. The second-order valence-electron chi connectivity index (χ2n) is 5.47. The maximum Gasteiger partial charge on any atom is 0.332 e. The Bertz CT molecular complexity index is 259. The van der Waals surface area contributed by atoms with Crippen LogP contribution in [0.15, 0.2) is 12.2 Å². The van der Waals surface area contributed by atoms with Crippen LogP contribution in [-0.2, 0) is 14.3 Å². The van der Waals surface area contributed by atoms with Crippen LogP contribution in [0.2, 0.25) is 0 Å². The Hall–Kier alpha value is -0.830. The normalized spacial score (nSPS) is 13.1. The van der Waals surface area contributed by atoms with Crippen molar-refractivity contribution in [3.63, 3.8) is 0 Å². The first-order chi connectivity index (χ1) is 9.60. The average Bonchev–Trinajstić information content (AvgIpc) is 2.39. The van der Waals surface area contributed by atoms with Gasteiger partial charge in [-0.15, -0.1) is 0 Å². The maximum atomic E-state index is 11.4. The Morgan fingerprint density at radius 3 is 2.35 bits per heavy atom. The van der Waals surface area contributed by atoms with Gasteiger partial charge in [0.25, 0.3) is 0 Å². The molecule has 0 aromatic rings. The van der Waals surface area contributed by atoms with Crippen molar-refractivity contribution < 1.29 is 14.3 Å².